The van der Waals surface area contributed by atoms with Gasteiger partial charge in [-0.25, -0.2) is 0 Å². The van der Waals surface area contributed by atoms with Gasteiger partial charge in [-0.3, -0.25) is 9.78 Å². The predicted molar refractivity (Wildman–Crippen MR) is 67.6 cm³/mol. The maximum Gasteiger partial charge on any atom is 0.222 e. The summed E-state index contributed by atoms with van der Waals surface area (Å²) in [5, 5.41) is 0. The summed E-state index contributed by atoms with van der Waals surface area (Å²) in [5.41, 5.74) is 1.15. The Morgan fingerprint density at radius 3 is 2.65 bits per heavy atom. The molecule has 0 unspecified atom stereocenters. The molecular formula is C14H20N2O. The fraction of sp³-hybridized carbons (Fsp3) is 0.571. The second kappa shape index (κ2) is 6.38. The van der Waals surface area contributed by atoms with Gasteiger partial charge in [0.15, 0.2) is 0 Å². The summed E-state index contributed by atoms with van der Waals surface area (Å²) in [4.78, 5) is 18.1. The Bertz CT molecular complexity index is 342. The quantitative estimate of drug-likeness (QED) is 0.802. The first-order valence-corrected chi connectivity index (χ1v) is 6.53. The second-order valence-corrected chi connectivity index (χ2v) is 4.66. The molecule has 17 heavy (non-hydrogen) atoms. The number of aryl methyl sites for hydroxylation is 1. The molecule has 1 aliphatic heterocycles. The van der Waals surface area contributed by atoms with E-state index in [0.29, 0.717) is 12.3 Å². The topological polar surface area (TPSA) is 33.2 Å². The molecule has 1 aliphatic rings. The minimum atomic E-state index is 0.302. The largest absolute Gasteiger partial charge is 0.343 e. The first-order chi connectivity index (χ1) is 8.36. The van der Waals surface area contributed by atoms with Gasteiger partial charge in [-0.1, -0.05) is 18.9 Å². The fourth-order valence-corrected chi connectivity index (χ4v) is 2.28. The van der Waals surface area contributed by atoms with Gasteiger partial charge in [0.1, 0.15) is 0 Å². The molecule has 2 heterocycles. The zero-order valence-electron chi connectivity index (χ0n) is 10.3. The second-order valence-electron chi connectivity index (χ2n) is 4.66. The number of pyridine rings is 1. The Labute approximate surface area is 103 Å². The molecule has 1 amide bonds. The van der Waals surface area contributed by atoms with E-state index in [9.17, 15) is 4.79 Å². The highest BCUT2D eigenvalue weighted by Crippen LogP contribution is 2.11. The molecule has 0 atom stereocenters. The smallest absolute Gasteiger partial charge is 0.222 e. The van der Waals surface area contributed by atoms with Crippen molar-refractivity contribution in [1.82, 2.24) is 9.88 Å². The molecule has 92 valence electrons. The van der Waals surface area contributed by atoms with Crippen LogP contribution >= 0.6 is 0 Å². The van der Waals surface area contributed by atoms with Gasteiger partial charge in [0.25, 0.3) is 0 Å². The third kappa shape index (κ3) is 3.84. The van der Waals surface area contributed by atoms with Crippen molar-refractivity contribution < 1.29 is 4.79 Å². The molecule has 1 fully saturated rings. The zero-order valence-corrected chi connectivity index (χ0v) is 10.3. The third-order valence-corrected chi connectivity index (χ3v) is 3.31. The minimum absolute atomic E-state index is 0.302. The first-order valence-electron chi connectivity index (χ1n) is 6.53. The highest BCUT2D eigenvalue weighted by Gasteiger charge is 2.14. The van der Waals surface area contributed by atoms with Crippen LogP contribution < -0.4 is 0 Å². The van der Waals surface area contributed by atoms with Gasteiger partial charge in [0.05, 0.1) is 0 Å². The van der Waals surface area contributed by atoms with E-state index in [1.165, 1.54) is 25.7 Å². The number of amides is 1. The number of hydrogen-bond donors (Lipinski definition) is 0. The molecule has 0 spiro atoms. The fourth-order valence-electron chi connectivity index (χ4n) is 2.28. The molecule has 0 bridgehead atoms. The van der Waals surface area contributed by atoms with Crippen LogP contribution in [0.1, 0.15) is 37.7 Å². The van der Waals surface area contributed by atoms with E-state index in [0.717, 1.165) is 25.1 Å². The molecule has 0 N–H and O–H groups in total. The van der Waals surface area contributed by atoms with Crippen LogP contribution in [0.4, 0.5) is 0 Å². The van der Waals surface area contributed by atoms with Crippen LogP contribution in [0, 0.1) is 0 Å². The monoisotopic (exact) mass is 232 g/mol. The summed E-state index contributed by atoms with van der Waals surface area (Å²) < 4.78 is 0. The standard InChI is InChI=1S/C14H20N2O/c17-14(16-10-3-1-2-4-11-16)8-7-13-6-5-9-15-12-13/h5-6,9,12H,1-4,7-8,10-11H2. The zero-order chi connectivity index (χ0) is 11.9. The number of rotatable bonds is 3. The highest BCUT2D eigenvalue weighted by molar-refractivity contribution is 5.76. The van der Waals surface area contributed by atoms with Gasteiger partial charge in [-0.15, -0.1) is 0 Å². The number of likely N-dealkylation sites (tertiary alicyclic amines) is 1. The number of hydrogen-bond acceptors (Lipinski definition) is 2. The van der Waals surface area contributed by atoms with Crippen LogP contribution in [-0.2, 0) is 11.2 Å². The van der Waals surface area contributed by atoms with Crippen LogP contribution in [0.2, 0.25) is 0 Å². The lowest BCUT2D eigenvalue weighted by Crippen LogP contribution is -2.31. The van der Waals surface area contributed by atoms with Crippen LogP contribution in [-0.4, -0.2) is 28.9 Å². The first kappa shape index (κ1) is 12.1. The van der Waals surface area contributed by atoms with Gasteiger partial charge in [0.2, 0.25) is 5.91 Å². The molecule has 0 radical (unpaired) electrons. The van der Waals surface area contributed by atoms with Crippen molar-refractivity contribution in [1.29, 1.82) is 0 Å². The maximum atomic E-state index is 12.0. The summed E-state index contributed by atoms with van der Waals surface area (Å²) in [5.74, 6) is 0.302. The van der Waals surface area contributed by atoms with Crippen molar-refractivity contribution >= 4 is 5.91 Å². The number of aromatic nitrogens is 1. The van der Waals surface area contributed by atoms with E-state index in [1.54, 1.807) is 6.20 Å². The Hall–Kier alpha value is -1.38. The van der Waals surface area contributed by atoms with Gasteiger partial charge < -0.3 is 4.90 Å². The van der Waals surface area contributed by atoms with Crippen molar-refractivity contribution in [2.24, 2.45) is 0 Å². The lowest BCUT2D eigenvalue weighted by Gasteiger charge is -2.20. The van der Waals surface area contributed by atoms with Gasteiger partial charge in [0, 0.05) is 31.9 Å². The van der Waals surface area contributed by atoms with Gasteiger partial charge in [-0.2, -0.15) is 0 Å². The van der Waals surface area contributed by atoms with E-state index in [-0.39, 0.29) is 0 Å². The van der Waals surface area contributed by atoms with E-state index < -0.39 is 0 Å². The number of carbonyl (C=O) groups is 1. The normalized spacial score (nSPS) is 16.6. The molecule has 1 saturated heterocycles. The van der Waals surface area contributed by atoms with Crippen molar-refractivity contribution in [3.05, 3.63) is 30.1 Å². The molecule has 2 rings (SSSR count). The third-order valence-electron chi connectivity index (χ3n) is 3.31. The number of carbonyl (C=O) groups excluding carboxylic acids is 1. The molecule has 1 aromatic rings. The summed E-state index contributed by atoms with van der Waals surface area (Å²) >= 11 is 0. The summed E-state index contributed by atoms with van der Waals surface area (Å²) in [6.07, 6.45) is 9.90. The SMILES string of the molecule is O=C(CCc1cccnc1)N1CCCCCC1. The van der Waals surface area contributed by atoms with Crippen molar-refractivity contribution in [3.8, 4) is 0 Å². The van der Waals surface area contributed by atoms with Crippen molar-refractivity contribution in [2.45, 2.75) is 38.5 Å². The maximum absolute atomic E-state index is 12.0. The lowest BCUT2D eigenvalue weighted by atomic mass is 10.1. The van der Waals surface area contributed by atoms with E-state index in [4.69, 9.17) is 0 Å². The number of nitrogens with zero attached hydrogens (tertiary/aromatic N) is 2. The van der Waals surface area contributed by atoms with E-state index >= 15 is 0 Å². The average molecular weight is 232 g/mol. The van der Waals surface area contributed by atoms with E-state index in [2.05, 4.69) is 4.98 Å². The molecule has 0 aliphatic carbocycles. The molecule has 1 aromatic heterocycles. The summed E-state index contributed by atoms with van der Waals surface area (Å²) in [6, 6.07) is 3.95. The van der Waals surface area contributed by atoms with E-state index in [1.807, 2.05) is 23.2 Å². The summed E-state index contributed by atoms with van der Waals surface area (Å²) in [6.45, 7) is 1.90. The Kier molecular flexibility index (Phi) is 4.54. The van der Waals surface area contributed by atoms with Crippen LogP contribution in [0.5, 0.6) is 0 Å². The molecule has 3 nitrogen and oxygen atoms in total. The predicted octanol–water partition coefficient (Wildman–Crippen LogP) is 2.42. The van der Waals surface area contributed by atoms with Crippen LogP contribution in [0.3, 0.4) is 0 Å². The average Bonchev–Trinajstić information content (AvgIpc) is 2.66. The molecule has 3 heteroatoms. The molecule has 0 saturated carbocycles. The Balaban J connectivity index is 1.80. The Morgan fingerprint density at radius 2 is 2.00 bits per heavy atom. The van der Waals surface area contributed by atoms with Crippen LogP contribution in [0.25, 0.3) is 0 Å². The van der Waals surface area contributed by atoms with Gasteiger partial charge in [-0.05, 0) is 30.9 Å². The molecule has 0 aromatic carbocycles. The highest BCUT2D eigenvalue weighted by atomic mass is 16.2. The molecular weight excluding hydrogens is 212 g/mol. The van der Waals surface area contributed by atoms with Crippen molar-refractivity contribution in [3.63, 3.8) is 0 Å². The minimum Gasteiger partial charge on any atom is -0.343 e. The van der Waals surface area contributed by atoms with Crippen LogP contribution in [0.15, 0.2) is 24.5 Å². The Morgan fingerprint density at radius 1 is 1.24 bits per heavy atom. The van der Waals surface area contributed by atoms with Crippen molar-refractivity contribution in [2.75, 3.05) is 13.1 Å². The van der Waals surface area contributed by atoms with Gasteiger partial charge >= 0.3 is 0 Å². The lowest BCUT2D eigenvalue weighted by molar-refractivity contribution is -0.131. The summed E-state index contributed by atoms with van der Waals surface area (Å²) in [7, 11) is 0.